The van der Waals surface area contributed by atoms with Gasteiger partial charge in [0.1, 0.15) is 11.7 Å². The van der Waals surface area contributed by atoms with Crippen LogP contribution < -0.4 is 9.80 Å². The molecule has 8 nitrogen and oxygen atoms in total. The number of hydrogen-bond acceptors (Lipinski definition) is 8. The largest absolute Gasteiger partial charge is 0.370 e. The molecule has 0 aliphatic carbocycles. The Bertz CT molecular complexity index is 1330. The van der Waals surface area contributed by atoms with E-state index in [0.29, 0.717) is 5.56 Å². The van der Waals surface area contributed by atoms with Gasteiger partial charge in [-0.2, -0.15) is 5.26 Å². The second-order valence-electron chi connectivity index (χ2n) is 10.8. The first kappa shape index (κ1) is 24.1. The Kier molecular flexibility index (Phi) is 6.23. The maximum atomic E-state index is 9.53. The van der Waals surface area contributed by atoms with E-state index < -0.39 is 0 Å². The number of anilines is 2. The van der Waals surface area contributed by atoms with Crippen molar-refractivity contribution < 1.29 is 9.47 Å². The van der Waals surface area contributed by atoms with Crippen molar-refractivity contribution in [1.29, 1.82) is 5.26 Å². The quantitative estimate of drug-likeness (QED) is 0.542. The van der Waals surface area contributed by atoms with E-state index in [2.05, 4.69) is 75.8 Å². The number of aryl methyl sites for hydroxylation is 2. The fourth-order valence-electron chi connectivity index (χ4n) is 6.25. The van der Waals surface area contributed by atoms with Crippen LogP contribution in [0.25, 0.3) is 10.9 Å². The van der Waals surface area contributed by atoms with Crippen molar-refractivity contribution in [1.82, 2.24) is 14.9 Å². The van der Waals surface area contributed by atoms with E-state index in [1.54, 1.807) is 6.20 Å². The minimum Gasteiger partial charge on any atom is -0.370 e. The number of nitrogens with zero attached hydrogens (tertiary/aromatic N) is 6. The van der Waals surface area contributed by atoms with Gasteiger partial charge < -0.3 is 19.3 Å². The van der Waals surface area contributed by atoms with Crippen LogP contribution in [-0.2, 0) is 9.47 Å². The molecule has 8 heteroatoms. The number of rotatable bonds is 4. The summed E-state index contributed by atoms with van der Waals surface area (Å²) >= 11 is 0. The average molecular weight is 499 g/mol. The molecule has 2 aromatic heterocycles. The minimum absolute atomic E-state index is 0.0999. The van der Waals surface area contributed by atoms with Crippen LogP contribution in [0.5, 0.6) is 0 Å². The molecule has 192 valence electrons. The summed E-state index contributed by atoms with van der Waals surface area (Å²) in [5, 5.41) is 10.6. The van der Waals surface area contributed by atoms with Gasteiger partial charge in [0, 0.05) is 67.1 Å². The Balaban J connectivity index is 1.13. The van der Waals surface area contributed by atoms with E-state index in [1.807, 2.05) is 12.1 Å². The highest BCUT2D eigenvalue weighted by molar-refractivity contribution is 5.95. The predicted octanol–water partition coefficient (Wildman–Crippen LogP) is 3.30. The van der Waals surface area contributed by atoms with Crippen LogP contribution in [0.15, 0.2) is 42.6 Å². The summed E-state index contributed by atoms with van der Waals surface area (Å²) < 4.78 is 12.8. The van der Waals surface area contributed by atoms with Gasteiger partial charge in [0.25, 0.3) is 0 Å². The SMILES string of the molecule is Cc1cc(N2CC3(CN(CC4CN(c5ccc(C#N)c6ncccc56)CC(C)O4)CCO3)C2)cc(C)n1. The first-order valence-electron chi connectivity index (χ1n) is 13.2. The summed E-state index contributed by atoms with van der Waals surface area (Å²) in [6.07, 6.45) is 1.97. The number of pyridine rings is 2. The van der Waals surface area contributed by atoms with Gasteiger partial charge in [0.2, 0.25) is 0 Å². The zero-order chi connectivity index (χ0) is 25.6. The lowest BCUT2D eigenvalue weighted by atomic mass is 9.90. The number of aromatic nitrogens is 2. The maximum absolute atomic E-state index is 9.53. The number of morpholine rings is 2. The summed E-state index contributed by atoms with van der Waals surface area (Å²) in [5.41, 5.74) is 5.74. The smallest absolute Gasteiger partial charge is 0.116 e. The molecule has 0 radical (unpaired) electrons. The van der Waals surface area contributed by atoms with Crippen LogP contribution in [0, 0.1) is 25.2 Å². The molecule has 0 amide bonds. The fourth-order valence-corrected chi connectivity index (χ4v) is 6.25. The molecule has 3 aromatic rings. The Morgan fingerprint density at radius 2 is 1.89 bits per heavy atom. The van der Waals surface area contributed by atoms with Gasteiger partial charge >= 0.3 is 0 Å². The molecular weight excluding hydrogens is 464 g/mol. The molecule has 0 bridgehead atoms. The van der Waals surface area contributed by atoms with Crippen molar-refractivity contribution in [3.63, 3.8) is 0 Å². The fraction of sp³-hybridized carbons (Fsp3) is 0.483. The van der Waals surface area contributed by atoms with Crippen molar-refractivity contribution >= 4 is 22.3 Å². The van der Waals surface area contributed by atoms with E-state index in [-0.39, 0.29) is 17.8 Å². The van der Waals surface area contributed by atoms with Gasteiger partial charge in [-0.3, -0.25) is 14.9 Å². The van der Waals surface area contributed by atoms with Crippen molar-refractivity contribution in [2.24, 2.45) is 0 Å². The number of ether oxygens (including phenoxy) is 2. The first-order chi connectivity index (χ1) is 17.9. The zero-order valence-corrected chi connectivity index (χ0v) is 21.9. The molecular formula is C29H34N6O2. The first-order valence-corrected chi connectivity index (χ1v) is 13.2. The van der Waals surface area contributed by atoms with Gasteiger partial charge in [-0.25, -0.2) is 0 Å². The molecule has 0 N–H and O–H groups in total. The summed E-state index contributed by atoms with van der Waals surface area (Å²) in [4.78, 5) is 16.3. The second kappa shape index (κ2) is 9.56. The van der Waals surface area contributed by atoms with Crippen molar-refractivity contribution in [3.8, 4) is 6.07 Å². The standard InChI is InChI=1S/C29H34N6O2/c1-20-11-24(12-21(2)32-20)35-18-29(19-35)17-33(9-10-36-29)15-25-16-34(14-22(3)37-25)27-7-6-23(13-30)28-26(27)5-4-8-31-28/h4-8,11-12,22,25H,9-10,14-19H2,1-3H3. The van der Waals surface area contributed by atoms with E-state index in [4.69, 9.17) is 9.47 Å². The van der Waals surface area contributed by atoms with Gasteiger partial charge in [-0.15, -0.1) is 0 Å². The third-order valence-electron chi connectivity index (χ3n) is 7.71. The number of hydrogen-bond donors (Lipinski definition) is 0. The van der Waals surface area contributed by atoms with Crippen LogP contribution in [0.2, 0.25) is 0 Å². The lowest BCUT2D eigenvalue weighted by Crippen LogP contribution is -2.71. The molecule has 2 atom stereocenters. The van der Waals surface area contributed by atoms with E-state index >= 15 is 0 Å². The molecule has 2 unspecified atom stereocenters. The van der Waals surface area contributed by atoms with Crippen LogP contribution in [0.1, 0.15) is 23.9 Å². The molecule has 5 heterocycles. The van der Waals surface area contributed by atoms with Gasteiger partial charge in [-0.05, 0) is 57.2 Å². The number of nitriles is 1. The maximum Gasteiger partial charge on any atom is 0.116 e. The predicted molar refractivity (Wildman–Crippen MR) is 144 cm³/mol. The normalized spacial score (nSPS) is 23.7. The zero-order valence-electron chi connectivity index (χ0n) is 21.9. The Morgan fingerprint density at radius 1 is 1.08 bits per heavy atom. The third-order valence-corrected chi connectivity index (χ3v) is 7.71. The Morgan fingerprint density at radius 3 is 2.68 bits per heavy atom. The van der Waals surface area contributed by atoms with Gasteiger partial charge in [0.15, 0.2) is 0 Å². The van der Waals surface area contributed by atoms with Crippen molar-refractivity contribution in [2.45, 2.75) is 38.6 Å². The molecule has 37 heavy (non-hydrogen) atoms. The number of fused-ring (bicyclic) bond motifs is 1. The van der Waals surface area contributed by atoms with E-state index in [9.17, 15) is 5.26 Å². The van der Waals surface area contributed by atoms with Gasteiger partial charge in [-0.1, -0.05) is 0 Å². The van der Waals surface area contributed by atoms with Crippen LogP contribution in [0.3, 0.4) is 0 Å². The third kappa shape index (κ3) is 4.75. The molecule has 3 aliphatic rings. The van der Waals surface area contributed by atoms with Gasteiger partial charge in [0.05, 0.1) is 43.0 Å². The highest BCUT2D eigenvalue weighted by Crippen LogP contribution is 2.35. The summed E-state index contributed by atoms with van der Waals surface area (Å²) in [5.74, 6) is 0. The van der Waals surface area contributed by atoms with Crippen molar-refractivity contribution in [3.05, 3.63) is 59.5 Å². The Labute approximate surface area is 218 Å². The molecule has 1 spiro atoms. The monoisotopic (exact) mass is 498 g/mol. The molecule has 3 saturated heterocycles. The highest BCUT2D eigenvalue weighted by Gasteiger charge is 2.48. The van der Waals surface area contributed by atoms with E-state index in [0.717, 1.165) is 80.4 Å². The molecule has 0 saturated carbocycles. The van der Waals surface area contributed by atoms with Crippen LogP contribution >= 0.6 is 0 Å². The average Bonchev–Trinajstić information content (AvgIpc) is 2.85. The topological polar surface area (TPSA) is 77.8 Å². The summed E-state index contributed by atoms with van der Waals surface area (Å²) in [7, 11) is 0. The Hall–Kier alpha value is -3.25. The summed E-state index contributed by atoms with van der Waals surface area (Å²) in [6, 6.07) is 14.6. The lowest BCUT2D eigenvalue weighted by Gasteiger charge is -2.55. The molecule has 3 aliphatic heterocycles. The van der Waals surface area contributed by atoms with Crippen molar-refractivity contribution in [2.75, 3.05) is 62.2 Å². The minimum atomic E-state index is -0.113. The van der Waals surface area contributed by atoms with Crippen LogP contribution in [-0.4, -0.2) is 85.1 Å². The summed E-state index contributed by atoms with van der Waals surface area (Å²) in [6.45, 7) is 13.2. The molecule has 6 rings (SSSR count). The van der Waals surface area contributed by atoms with E-state index in [1.165, 1.54) is 5.69 Å². The molecule has 3 fully saturated rings. The second-order valence-corrected chi connectivity index (χ2v) is 10.8. The number of benzene rings is 1. The van der Waals surface area contributed by atoms with Crippen LogP contribution in [0.4, 0.5) is 11.4 Å². The highest BCUT2D eigenvalue weighted by atomic mass is 16.5. The molecule has 1 aromatic carbocycles. The lowest BCUT2D eigenvalue weighted by molar-refractivity contribution is -0.134.